The van der Waals surface area contributed by atoms with Crippen molar-refractivity contribution >= 4 is 6.08 Å². The monoisotopic (exact) mass is 340 g/mol. The van der Waals surface area contributed by atoms with E-state index in [1.807, 2.05) is 43.3 Å². The zero-order valence-electron chi connectivity index (χ0n) is 14.6. The van der Waals surface area contributed by atoms with Gasteiger partial charge in [-0.1, -0.05) is 43.4 Å². The summed E-state index contributed by atoms with van der Waals surface area (Å²) in [6.07, 6.45) is 2.75. The molecule has 0 saturated heterocycles. The smallest absolute Gasteiger partial charge is 0.266 e. The summed E-state index contributed by atoms with van der Waals surface area (Å²) in [5, 5.41) is 0. The Kier molecular flexibility index (Phi) is 6.77. The number of hydrogen-bond donors (Lipinski definition) is 0. The van der Waals surface area contributed by atoms with Crippen LogP contribution in [0.3, 0.4) is 0 Å². The molecule has 0 N–H and O–H groups in total. The van der Waals surface area contributed by atoms with Gasteiger partial charge in [0.2, 0.25) is 0 Å². The van der Waals surface area contributed by atoms with Gasteiger partial charge in [0.15, 0.2) is 0 Å². The molecule has 0 aliphatic heterocycles. The molecule has 2 rings (SSSR count). The van der Waals surface area contributed by atoms with Crippen molar-refractivity contribution in [3.8, 4) is 17.6 Å². The first-order chi connectivity index (χ1) is 12.0. The summed E-state index contributed by atoms with van der Waals surface area (Å²) in [6.45, 7) is 4.33. The van der Waals surface area contributed by atoms with E-state index < -0.39 is 5.92 Å². The summed E-state index contributed by atoms with van der Waals surface area (Å²) >= 11 is 0. The summed E-state index contributed by atoms with van der Waals surface area (Å²) in [5.41, 5.74) is 2.47. The Bertz CT molecular complexity index is 747. The third-order valence-corrected chi connectivity index (χ3v) is 3.53. The number of ether oxygens (including phenoxy) is 1. The number of allylic oxidation sites excluding steroid dienone is 1. The summed E-state index contributed by atoms with van der Waals surface area (Å²) < 4.78 is 32.3. The second-order valence-corrected chi connectivity index (χ2v) is 5.67. The van der Waals surface area contributed by atoms with Gasteiger partial charge in [-0.3, -0.25) is 0 Å². The van der Waals surface area contributed by atoms with E-state index in [2.05, 4.69) is 11.8 Å². The Morgan fingerprint density at radius 3 is 2.00 bits per heavy atom. The molecule has 25 heavy (non-hydrogen) atoms. The van der Waals surface area contributed by atoms with Crippen molar-refractivity contribution in [2.24, 2.45) is 0 Å². The summed E-state index contributed by atoms with van der Waals surface area (Å²) in [4.78, 5) is 0. The molecule has 0 unspecified atom stereocenters. The summed E-state index contributed by atoms with van der Waals surface area (Å²) in [5.74, 6) is 4.22. The van der Waals surface area contributed by atoms with Gasteiger partial charge < -0.3 is 4.74 Å². The first kappa shape index (κ1) is 18.7. The lowest BCUT2D eigenvalue weighted by Gasteiger charge is -2.09. The van der Waals surface area contributed by atoms with Crippen LogP contribution in [0.25, 0.3) is 6.08 Å². The maximum Gasteiger partial charge on any atom is 0.266 e. The predicted molar refractivity (Wildman–Crippen MR) is 98.9 cm³/mol. The van der Waals surface area contributed by atoms with Crippen molar-refractivity contribution in [2.75, 3.05) is 6.61 Å². The zero-order chi connectivity index (χ0) is 18.1. The summed E-state index contributed by atoms with van der Waals surface area (Å²) in [7, 11) is 0. The third kappa shape index (κ3) is 6.43. The van der Waals surface area contributed by atoms with Gasteiger partial charge in [-0.2, -0.15) is 0 Å². The average molecular weight is 340 g/mol. The van der Waals surface area contributed by atoms with E-state index in [4.69, 9.17) is 4.74 Å². The molecule has 0 amide bonds. The molecule has 0 saturated carbocycles. The summed E-state index contributed by atoms with van der Waals surface area (Å²) in [6, 6.07) is 14.8. The maximum atomic E-state index is 13.5. The van der Waals surface area contributed by atoms with Crippen molar-refractivity contribution < 1.29 is 13.5 Å². The van der Waals surface area contributed by atoms with Crippen molar-refractivity contribution in [1.29, 1.82) is 0 Å². The van der Waals surface area contributed by atoms with Crippen molar-refractivity contribution in [3.63, 3.8) is 0 Å². The number of rotatable bonds is 6. The van der Waals surface area contributed by atoms with Crippen LogP contribution in [0.5, 0.6) is 5.75 Å². The number of halogens is 2. The van der Waals surface area contributed by atoms with Gasteiger partial charge in [0.1, 0.15) is 5.75 Å². The van der Waals surface area contributed by atoms with Crippen LogP contribution in [0, 0.1) is 11.8 Å². The second kappa shape index (κ2) is 9.03. The van der Waals surface area contributed by atoms with Crippen LogP contribution in [-0.4, -0.2) is 12.5 Å². The van der Waals surface area contributed by atoms with E-state index in [9.17, 15) is 8.78 Å². The highest BCUT2D eigenvalue weighted by molar-refractivity contribution is 5.53. The normalized spacial score (nSPS) is 11.2. The lowest BCUT2D eigenvalue weighted by atomic mass is 10.1. The number of hydrogen-bond acceptors (Lipinski definition) is 1. The fraction of sp³-hybridized carbons (Fsp3) is 0.273. The molecule has 0 aliphatic carbocycles. The highest BCUT2D eigenvalue weighted by atomic mass is 19.3. The van der Waals surface area contributed by atoms with Crippen LogP contribution in [0.4, 0.5) is 8.78 Å². The van der Waals surface area contributed by atoms with Gasteiger partial charge in [0, 0.05) is 17.5 Å². The standard InChI is InChI=1S/C22H22F2O/c1-3-16-22(23,24)17-15-20-9-7-18(8-10-20)5-6-19-11-13-21(14-12-19)25-4-2/h7-15,17H,3-4,16H2,1-2H3/b17-15+. The molecule has 0 aliphatic rings. The number of alkyl halides is 2. The van der Waals surface area contributed by atoms with Gasteiger partial charge in [0.25, 0.3) is 5.92 Å². The largest absolute Gasteiger partial charge is 0.494 e. The molecular weight excluding hydrogens is 318 g/mol. The Balaban J connectivity index is 2.02. The fourth-order valence-electron chi connectivity index (χ4n) is 2.26. The highest BCUT2D eigenvalue weighted by Gasteiger charge is 2.22. The van der Waals surface area contributed by atoms with E-state index in [1.165, 1.54) is 6.08 Å². The van der Waals surface area contributed by atoms with Crippen LogP contribution in [-0.2, 0) is 0 Å². The lowest BCUT2D eigenvalue weighted by Crippen LogP contribution is -2.10. The van der Waals surface area contributed by atoms with Crippen molar-refractivity contribution in [2.45, 2.75) is 32.6 Å². The van der Waals surface area contributed by atoms with Gasteiger partial charge in [-0.15, -0.1) is 0 Å². The van der Waals surface area contributed by atoms with Gasteiger partial charge in [-0.05, 0) is 55.0 Å². The Morgan fingerprint density at radius 2 is 1.48 bits per heavy atom. The van der Waals surface area contributed by atoms with E-state index in [1.54, 1.807) is 19.1 Å². The molecule has 0 spiro atoms. The first-order valence-electron chi connectivity index (χ1n) is 8.44. The van der Waals surface area contributed by atoms with Crippen LogP contribution in [0.2, 0.25) is 0 Å². The molecule has 2 aromatic carbocycles. The zero-order valence-corrected chi connectivity index (χ0v) is 14.6. The molecule has 2 aromatic rings. The molecule has 0 heterocycles. The van der Waals surface area contributed by atoms with Gasteiger partial charge >= 0.3 is 0 Å². The molecule has 130 valence electrons. The third-order valence-electron chi connectivity index (χ3n) is 3.53. The van der Waals surface area contributed by atoms with Crippen LogP contribution in [0.15, 0.2) is 54.6 Å². The topological polar surface area (TPSA) is 9.23 Å². The fourth-order valence-corrected chi connectivity index (χ4v) is 2.26. The van der Waals surface area contributed by atoms with Crippen LogP contribution >= 0.6 is 0 Å². The van der Waals surface area contributed by atoms with Crippen molar-refractivity contribution in [1.82, 2.24) is 0 Å². The van der Waals surface area contributed by atoms with Crippen LogP contribution < -0.4 is 4.74 Å². The molecule has 3 heteroatoms. The minimum atomic E-state index is -2.75. The SMILES string of the molecule is CCCC(F)(F)/C=C/c1ccc(C#Cc2ccc(OCC)cc2)cc1. The maximum absolute atomic E-state index is 13.5. The molecule has 0 fully saturated rings. The molecule has 0 radical (unpaired) electrons. The van der Waals surface area contributed by atoms with E-state index >= 15 is 0 Å². The lowest BCUT2D eigenvalue weighted by molar-refractivity contribution is 0.0458. The van der Waals surface area contributed by atoms with Gasteiger partial charge in [-0.25, -0.2) is 8.78 Å². The van der Waals surface area contributed by atoms with Crippen LogP contribution in [0.1, 0.15) is 43.4 Å². The van der Waals surface area contributed by atoms with Crippen molar-refractivity contribution in [3.05, 3.63) is 71.3 Å². The average Bonchev–Trinajstić information content (AvgIpc) is 2.61. The Hall–Kier alpha value is -2.60. The van der Waals surface area contributed by atoms with E-state index in [0.29, 0.717) is 13.0 Å². The van der Waals surface area contributed by atoms with E-state index in [-0.39, 0.29) is 6.42 Å². The highest BCUT2D eigenvalue weighted by Crippen LogP contribution is 2.23. The number of benzene rings is 2. The minimum Gasteiger partial charge on any atom is -0.494 e. The first-order valence-corrected chi connectivity index (χ1v) is 8.44. The Morgan fingerprint density at radius 1 is 0.920 bits per heavy atom. The molecule has 1 nitrogen and oxygen atoms in total. The predicted octanol–water partition coefficient (Wildman–Crippen LogP) is 5.93. The molecule has 0 aromatic heterocycles. The minimum absolute atomic E-state index is 0.130. The molecule has 0 atom stereocenters. The quantitative estimate of drug-likeness (QED) is 0.592. The Labute approximate surface area is 148 Å². The van der Waals surface area contributed by atoms with Gasteiger partial charge in [0.05, 0.1) is 6.61 Å². The van der Waals surface area contributed by atoms with E-state index in [0.717, 1.165) is 28.5 Å². The molecular formula is C22H22F2O. The molecule has 0 bridgehead atoms. The second-order valence-electron chi connectivity index (χ2n) is 5.67.